The predicted octanol–water partition coefficient (Wildman–Crippen LogP) is 4.12. The lowest BCUT2D eigenvalue weighted by Gasteiger charge is -2.25. The summed E-state index contributed by atoms with van der Waals surface area (Å²) < 4.78 is 64.8. The van der Waals surface area contributed by atoms with Gasteiger partial charge in [-0.15, -0.1) is 0 Å². The number of carbonyl (C=O) groups excluding carboxylic acids is 2. The molecule has 3 N–H and O–H groups in total. The van der Waals surface area contributed by atoms with E-state index in [0.29, 0.717) is 30.6 Å². The Hall–Kier alpha value is -3.74. The third-order valence-corrected chi connectivity index (χ3v) is 9.01. The van der Waals surface area contributed by atoms with Crippen LogP contribution in [-0.2, 0) is 33.8 Å². The van der Waals surface area contributed by atoms with Gasteiger partial charge in [0.05, 0.1) is 28.4 Å². The van der Waals surface area contributed by atoms with E-state index >= 15 is 0 Å². The SMILES string of the molecule is CCS(=O)(=O)c1cc(C(=O)NC(Cc2ccccc2)C(O)CNCc2cccc(C(F)(F)F)c2)cc(N2CCCC2=O)c1. The first kappa shape index (κ1) is 32.2. The van der Waals surface area contributed by atoms with Crippen LogP contribution in [0.25, 0.3) is 0 Å². The Kier molecular flexibility index (Phi) is 10.3. The molecule has 0 aliphatic carbocycles. The van der Waals surface area contributed by atoms with Gasteiger partial charge in [-0.05, 0) is 48.2 Å². The number of hydrogen-bond acceptors (Lipinski definition) is 6. The molecule has 1 fully saturated rings. The predicted molar refractivity (Wildman–Crippen MR) is 156 cm³/mol. The molecule has 3 aromatic rings. The van der Waals surface area contributed by atoms with Crippen LogP contribution in [0.5, 0.6) is 0 Å². The zero-order valence-electron chi connectivity index (χ0n) is 23.6. The normalized spacial score (nSPS) is 15.4. The number of nitrogens with zero attached hydrogens (tertiary/aromatic N) is 1. The third kappa shape index (κ3) is 8.43. The van der Waals surface area contributed by atoms with Gasteiger partial charge in [-0.25, -0.2) is 8.42 Å². The van der Waals surface area contributed by atoms with Crippen LogP contribution in [0.15, 0.2) is 77.7 Å². The van der Waals surface area contributed by atoms with E-state index in [1.54, 1.807) is 0 Å². The standard InChI is InChI=1S/C31H34F3N3O5S/c1-2-43(41,42)26-17-23(16-25(18-26)37-13-7-12-29(37)39)30(40)36-27(15-21-8-4-3-5-9-21)28(38)20-35-19-22-10-6-11-24(14-22)31(32,33)34/h3-6,8-11,14,16-18,27-28,35,38H,2,7,12-13,15,19-20H2,1H3,(H,36,40). The van der Waals surface area contributed by atoms with Crippen molar-refractivity contribution in [1.29, 1.82) is 0 Å². The highest BCUT2D eigenvalue weighted by atomic mass is 32.2. The average molecular weight is 618 g/mol. The molecule has 2 unspecified atom stereocenters. The average Bonchev–Trinajstić information content (AvgIpc) is 3.42. The Bertz CT molecular complexity index is 1550. The van der Waals surface area contributed by atoms with E-state index in [-0.39, 0.29) is 41.6 Å². The summed E-state index contributed by atoms with van der Waals surface area (Å²) in [6.45, 7) is 1.90. The maximum absolute atomic E-state index is 13.5. The lowest BCUT2D eigenvalue weighted by atomic mass is 10.00. The molecule has 0 saturated carbocycles. The summed E-state index contributed by atoms with van der Waals surface area (Å²) in [7, 11) is -3.72. The summed E-state index contributed by atoms with van der Waals surface area (Å²) >= 11 is 0. The summed E-state index contributed by atoms with van der Waals surface area (Å²) in [5.74, 6) is -1.00. The summed E-state index contributed by atoms with van der Waals surface area (Å²) in [6.07, 6.45) is -4.47. The monoisotopic (exact) mass is 617 g/mol. The van der Waals surface area contributed by atoms with Gasteiger partial charge in [0.2, 0.25) is 5.91 Å². The van der Waals surface area contributed by atoms with Gasteiger partial charge in [0.15, 0.2) is 9.84 Å². The minimum Gasteiger partial charge on any atom is -0.390 e. The highest BCUT2D eigenvalue weighted by molar-refractivity contribution is 7.91. The summed E-state index contributed by atoms with van der Waals surface area (Å²) in [5, 5.41) is 16.9. The second-order valence-electron chi connectivity index (χ2n) is 10.4. The first-order valence-corrected chi connectivity index (χ1v) is 15.6. The van der Waals surface area contributed by atoms with Gasteiger partial charge in [0.1, 0.15) is 0 Å². The van der Waals surface area contributed by atoms with E-state index < -0.39 is 39.6 Å². The number of halogens is 3. The fraction of sp³-hybridized carbons (Fsp3) is 0.355. The summed E-state index contributed by atoms with van der Waals surface area (Å²) in [6, 6.07) is 17.2. The van der Waals surface area contributed by atoms with E-state index in [4.69, 9.17) is 0 Å². The lowest BCUT2D eigenvalue weighted by Crippen LogP contribution is -2.48. The van der Waals surface area contributed by atoms with Crippen LogP contribution < -0.4 is 15.5 Å². The molecule has 230 valence electrons. The molecule has 3 aromatic carbocycles. The first-order chi connectivity index (χ1) is 20.4. The van der Waals surface area contributed by atoms with E-state index in [0.717, 1.165) is 17.7 Å². The molecule has 1 saturated heterocycles. The second-order valence-corrected chi connectivity index (χ2v) is 12.7. The fourth-order valence-corrected chi connectivity index (χ4v) is 5.85. The van der Waals surface area contributed by atoms with Gasteiger partial charge in [-0.2, -0.15) is 13.2 Å². The zero-order chi connectivity index (χ0) is 31.2. The van der Waals surface area contributed by atoms with Crippen LogP contribution in [0.3, 0.4) is 0 Å². The largest absolute Gasteiger partial charge is 0.416 e. The molecule has 8 nitrogen and oxygen atoms in total. The Morgan fingerprint density at radius 3 is 2.40 bits per heavy atom. The Morgan fingerprint density at radius 1 is 1.02 bits per heavy atom. The highest BCUT2D eigenvalue weighted by Crippen LogP contribution is 2.30. The number of rotatable bonds is 12. The van der Waals surface area contributed by atoms with Crippen molar-refractivity contribution in [3.05, 3.63) is 95.1 Å². The van der Waals surface area contributed by atoms with Gasteiger partial charge < -0.3 is 20.6 Å². The van der Waals surface area contributed by atoms with Crippen molar-refractivity contribution in [1.82, 2.24) is 10.6 Å². The smallest absolute Gasteiger partial charge is 0.390 e. The van der Waals surface area contributed by atoms with E-state index in [1.807, 2.05) is 30.3 Å². The van der Waals surface area contributed by atoms with Crippen LogP contribution in [0.4, 0.5) is 18.9 Å². The van der Waals surface area contributed by atoms with E-state index in [1.165, 1.54) is 42.2 Å². The van der Waals surface area contributed by atoms with Crippen molar-refractivity contribution in [2.75, 3.05) is 23.7 Å². The lowest BCUT2D eigenvalue weighted by molar-refractivity contribution is -0.137. The summed E-state index contributed by atoms with van der Waals surface area (Å²) in [4.78, 5) is 27.3. The number of alkyl halides is 3. The van der Waals surface area contributed by atoms with Crippen molar-refractivity contribution in [2.24, 2.45) is 0 Å². The number of nitrogens with one attached hydrogen (secondary N) is 2. The summed E-state index contributed by atoms with van der Waals surface area (Å²) in [5.41, 5.74) is 0.749. The second kappa shape index (κ2) is 13.7. The minimum atomic E-state index is -4.48. The quantitative estimate of drug-likeness (QED) is 0.282. The molecule has 0 radical (unpaired) electrons. The van der Waals surface area contributed by atoms with Crippen molar-refractivity contribution in [2.45, 2.75) is 55.9 Å². The Morgan fingerprint density at radius 2 is 1.74 bits per heavy atom. The van der Waals surface area contributed by atoms with Crippen LogP contribution in [-0.4, -0.2) is 56.3 Å². The molecule has 43 heavy (non-hydrogen) atoms. The number of benzene rings is 3. The Labute approximate surface area is 248 Å². The molecular formula is C31H34F3N3O5S. The van der Waals surface area contributed by atoms with E-state index in [2.05, 4.69) is 10.6 Å². The molecule has 0 aromatic heterocycles. The van der Waals surface area contributed by atoms with Crippen LogP contribution in [0.1, 0.15) is 46.8 Å². The van der Waals surface area contributed by atoms with Crippen LogP contribution in [0, 0.1) is 0 Å². The maximum Gasteiger partial charge on any atom is 0.416 e. The van der Waals surface area contributed by atoms with Gasteiger partial charge in [0.25, 0.3) is 5.91 Å². The molecule has 12 heteroatoms. The number of sulfone groups is 1. The molecule has 1 aliphatic heterocycles. The maximum atomic E-state index is 13.5. The Balaban J connectivity index is 1.55. The van der Waals surface area contributed by atoms with Crippen LogP contribution in [0.2, 0.25) is 0 Å². The number of aliphatic hydroxyl groups excluding tert-OH is 1. The molecule has 4 rings (SSSR count). The molecule has 2 atom stereocenters. The number of amides is 2. The molecule has 0 spiro atoms. The molecule has 1 heterocycles. The number of carbonyl (C=O) groups is 2. The fourth-order valence-electron chi connectivity index (χ4n) is 4.90. The third-order valence-electron chi connectivity index (χ3n) is 7.29. The number of hydrogen-bond donors (Lipinski definition) is 3. The van der Waals surface area contributed by atoms with E-state index in [9.17, 15) is 36.3 Å². The van der Waals surface area contributed by atoms with Crippen molar-refractivity contribution in [3.63, 3.8) is 0 Å². The van der Waals surface area contributed by atoms with Gasteiger partial charge in [0, 0.05) is 37.3 Å². The van der Waals surface area contributed by atoms with Crippen molar-refractivity contribution in [3.8, 4) is 0 Å². The first-order valence-electron chi connectivity index (χ1n) is 14.0. The van der Waals surface area contributed by atoms with Gasteiger partial charge in [-0.3, -0.25) is 9.59 Å². The number of aliphatic hydroxyl groups is 1. The molecule has 2 amide bonds. The highest BCUT2D eigenvalue weighted by Gasteiger charge is 2.30. The zero-order valence-corrected chi connectivity index (χ0v) is 24.4. The minimum absolute atomic E-state index is 0.0198. The van der Waals surface area contributed by atoms with Crippen LogP contribution >= 0.6 is 0 Å². The molecular weight excluding hydrogens is 583 g/mol. The van der Waals surface area contributed by atoms with Gasteiger partial charge in [-0.1, -0.05) is 55.5 Å². The number of anilines is 1. The van der Waals surface area contributed by atoms with Gasteiger partial charge >= 0.3 is 6.18 Å². The van der Waals surface area contributed by atoms with Crippen molar-refractivity contribution >= 4 is 27.3 Å². The van der Waals surface area contributed by atoms with Crippen molar-refractivity contribution < 1.29 is 36.3 Å². The molecule has 0 bridgehead atoms. The topological polar surface area (TPSA) is 116 Å². The molecule has 1 aliphatic rings.